The van der Waals surface area contributed by atoms with Gasteiger partial charge >= 0.3 is 12.1 Å². The van der Waals surface area contributed by atoms with E-state index in [4.69, 9.17) is 4.74 Å². The topological polar surface area (TPSA) is 82.1 Å². The van der Waals surface area contributed by atoms with Crippen LogP contribution in [0.5, 0.6) is 0 Å². The van der Waals surface area contributed by atoms with E-state index < -0.39 is 41.5 Å². The average Bonchev–Trinajstić information content (AvgIpc) is 3.13. The maximum atomic E-state index is 13.7. The van der Waals surface area contributed by atoms with Crippen molar-refractivity contribution in [3.05, 3.63) is 71.0 Å². The van der Waals surface area contributed by atoms with Crippen molar-refractivity contribution in [2.45, 2.75) is 43.9 Å². The molecule has 35 heavy (non-hydrogen) atoms. The van der Waals surface area contributed by atoms with Gasteiger partial charge < -0.3 is 20.1 Å². The van der Waals surface area contributed by atoms with E-state index >= 15 is 0 Å². The van der Waals surface area contributed by atoms with Crippen LogP contribution in [0.3, 0.4) is 0 Å². The minimum Gasteiger partial charge on any atom is -0.443 e. The molecule has 2 N–H and O–H groups in total. The van der Waals surface area contributed by atoms with Crippen molar-refractivity contribution in [2.75, 3.05) is 26.2 Å². The van der Waals surface area contributed by atoms with Crippen LogP contribution in [-0.2, 0) is 10.3 Å². The quantitative estimate of drug-likeness (QED) is 0.596. The van der Waals surface area contributed by atoms with Crippen molar-refractivity contribution >= 4 is 12.1 Å². The number of rotatable bonds is 6. The largest absolute Gasteiger partial charge is 0.443 e. The number of hydrogen-bond donors (Lipinski definition) is 2. The lowest BCUT2D eigenvalue weighted by Crippen LogP contribution is -2.45. The van der Waals surface area contributed by atoms with Gasteiger partial charge in [-0.3, -0.25) is 0 Å². The normalized spacial score (nSPS) is 22.2. The molecule has 3 amide bonds. The Hall–Kier alpha value is -3.11. The Morgan fingerprint density at radius 1 is 1.11 bits per heavy atom. The number of cyclic esters (lactones) is 1. The van der Waals surface area contributed by atoms with Crippen LogP contribution in [0.2, 0.25) is 0 Å². The predicted octanol–water partition coefficient (Wildman–Crippen LogP) is 4.07. The number of nitrogens with one attached hydrogen (secondary N) is 1. The maximum absolute atomic E-state index is 13.7. The van der Waals surface area contributed by atoms with Gasteiger partial charge in [-0.2, -0.15) is 0 Å². The van der Waals surface area contributed by atoms with Crippen molar-refractivity contribution in [1.82, 2.24) is 15.1 Å². The minimum atomic E-state index is -1.07. The molecule has 0 spiro atoms. The second-order valence-corrected chi connectivity index (χ2v) is 9.04. The first kappa shape index (κ1) is 25.0. The fourth-order valence-corrected chi connectivity index (χ4v) is 4.71. The second-order valence-electron chi connectivity index (χ2n) is 9.04. The second kappa shape index (κ2) is 10.2. The molecular formula is C25H28F3N3O4. The Kier molecular flexibility index (Phi) is 7.32. The number of hydrogen-bond acceptors (Lipinski definition) is 5. The smallest absolute Gasteiger partial charge is 0.419 e. The van der Waals surface area contributed by atoms with Crippen molar-refractivity contribution in [3.8, 4) is 0 Å². The third-order valence-corrected chi connectivity index (χ3v) is 6.70. The summed E-state index contributed by atoms with van der Waals surface area (Å²) >= 11 is 0. The number of aliphatic hydroxyl groups is 1. The van der Waals surface area contributed by atoms with Crippen LogP contribution in [0, 0.1) is 17.5 Å². The number of likely N-dealkylation sites (tertiary alicyclic amines) is 1. The number of nitrogens with zero attached hydrogens (tertiary/aromatic N) is 2. The van der Waals surface area contributed by atoms with Crippen LogP contribution < -0.4 is 5.32 Å². The average molecular weight is 492 g/mol. The van der Waals surface area contributed by atoms with Gasteiger partial charge in [0.05, 0.1) is 5.60 Å². The Labute approximate surface area is 201 Å². The zero-order chi connectivity index (χ0) is 25.2. The highest BCUT2D eigenvalue weighted by Crippen LogP contribution is 2.34. The summed E-state index contributed by atoms with van der Waals surface area (Å²) in [6, 6.07) is 7.60. The van der Waals surface area contributed by atoms with E-state index in [1.165, 1.54) is 18.2 Å². The third kappa shape index (κ3) is 5.43. The molecule has 10 heteroatoms. The monoisotopic (exact) mass is 491 g/mol. The SMILES string of the molecule is C[C@@H]1OC(=O)N(C(=O)NCCCN2CCC(O)(c3ccc(F)cc3)CC2)C1c1ccc(F)c(F)c1. The molecule has 1 unspecified atom stereocenters. The summed E-state index contributed by atoms with van der Waals surface area (Å²) in [5, 5.41) is 13.6. The molecule has 2 aromatic carbocycles. The van der Waals surface area contributed by atoms with Crippen LogP contribution in [-0.4, -0.2) is 59.3 Å². The number of piperidine rings is 1. The van der Waals surface area contributed by atoms with E-state index in [1.54, 1.807) is 19.1 Å². The molecule has 0 bridgehead atoms. The van der Waals surface area contributed by atoms with Gasteiger partial charge in [0.1, 0.15) is 18.0 Å². The molecule has 2 aliphatic rings. The predicted molar refractivity (Wildman–Crippen MR) is 121 cm³/mol. The maximum Gasteiger partial charge on any atom is 0.419 e. The van der Waals surface area contributed by atoms with Crippen LogP contribution in [0.4, 0.5) is 22.8 Å². The summed E-state index contributed by atoms with van der Waals surface area (Å²) < 4.78 is 45.4. The van der Waals surface area contributed by atoms with E-state index in [0.717, 1.165) is 17.0 Å². The number of halogens is 3. The number of carbonyl (C=O) groups excluding carboxylic acids is 2. The first-order valence-corrected chi connectivity index (χ1v) is 11.6. The summed E-state index contributed by atoms with van der Waals surface area (Å²) in [6.45, 7) is 3.85. The number of carbonyl (C=O) groups is 2. The summed E-state index contributed by atoms with van der Waals surface area (Å²) in [5.41, 5.74) is -0.0208. The molecule has 0 saturated carbocycles. The van der Waals surface area contributed by atoms with Crippen molar-refractivity contribution in [1.29, 1.82) is 0 Å². The molecule has 0 radical (unpaired) electrons. The number of urea groups is 1. The fourth-order valence-electron chi connectivity index (χ4n) is 4.71. The van der Waals surface area contributed by atoms with Crippen molar-refractivity contribution < 1.29 is 32.6 Å². The van der Waals surface area contributed by atoms with Crippen LogP contribution in [0.1, 0.15) is 43.4 Å². The van der Waals surface area contributed by atoms with Crippen LogP contribution in [0.15, 0.2) is 42.5 Å². The number of imide groups is 1. The highest BCUT2D eigenvalue weighted by Gasteiger charge is 2.44. The van der Waals surface area contributed by atoms with Crippen LogP contribution in [0.25, 0.3) is 0 Å². The molecule has 0 aromatic heterocycles. The van der Waals surface area contributed by atoms with Crippen LogP contribution >= 0.6 is 0 Å². The lowest BCUT2D eigenvalue weighted by atomic mass is 9.84. The van der Waals surface area contributed by atoms with E-state index in [1.807, 2.05) is 0 Å². The summed E-state index contributed by atoms with van der Waals surface area (Å²) in [7, 11) is 0. The summed E-state index contributed by atoms with van der Waals surface area (Å²) in [5.74, 6) is -2.43. The van der Waals surface area contributed by atoms with E-state index in [-0.39, 0.29) is 11.4 Å². The number of benzene rings is 2. The third-order valence-electron chi connectivity index (χ3n) is 6.70. The number of ether oxygens (including phenoxy) is 1. The summed E-state index contributed by atoms with van der Waals surface area (Å²) in [6.07, 6.45) is 0.0680. The standard InChI is InChI=1S/C25H28F3N3O4/c1-16-22(17-3-8-20(27)21(28)15-17)31(24(33)35-16)23(32)29-11-2-12-30-13-9-25(34,10-14-30)18-4-6-19(26)7-5-18/h3-8,15-16,22,34H,2,9-14H2,1H3,(H,29,32)/t16-,22?/m0/s1. The highest BCUT2D eigenvalue weighted by molar-refractivity contribution is 5.93. The zero-order valence-electron chi connectivity index (χ0n) is 19.3. The molecule has 0 aliphatic carbocycles. The Morgan fingerprint density at radius 3 is 2.46 bits per heavy atom. The van der Waals surface area contributed by atoms with Gasteiger partial charge in [-0.05, 0) is 68.1 Å². The van der Waals surface area contributed by atoms with Gasteiger partial charge in [-0.15, -0.1) is 0 Å². The molecule has 2 atom stereocenters. The molecule has 2 heterocycles. The molecule has 4 rings (SSSR count). The van der Waals surface area contributed by atoms with Crippen molar-refractivity contribution in [3.63, 3.8) is 0 Å². The van der Waals surface area contributed by atoms with Gasteiger partial charge in [-0.1, -0.05) is 18.2 Å². The van der Waals surface area contributed by atoms with Gasteiger partial charge in [0.25, 0.3) is 0 Å². The lowest BCUT2D eigenvalue weighted by molar-refractivity contribution is -0.0259. The molecule has 188 valence electrons. The first-order chi connectivity index (χ1) is 16.7. The Bertz CT molecular complexity index is 1070. The molecule has 2 aliphatic heterocycles. The fraction of sp³-hybridized carbons (Fsp3) is 0.440. The molecule has 2 aromatic rings. The zero-order valence-corrected chi connectivity index (χ0v) is 19.3. The molecule has 7 nitrogen and oxygen atoms in total. The Morgan fingerprint density at radius 2 is 1.80 bits per heavy atom. The van der Waals surface area contributed by atoms with E-state index in [0.29, 0.717) is 51.0 Å². The van der Waals surface area contributed by atoms with E-state index in [2.05, 4.69) is 10.2 Å². The minimum absolute atomic E-state index is 0.263. The molecule has 2 fully saturated rings. The van der Waals surface area contributed by atoms with Gasteiger partial charge in [0.15, 0.2) is 11.6 Å². The number of amides is 3. The van der Waals surface area contributed by atoms with Gasteiger partial charge in [-0.25, -0.2) is 27.7 Å². The summed E-state index contributed by atoms with van der Waals surface area (Å²) in [4.78, 5) is 28.0. The Balaban J connectivity index is 1.26. The molecular weight excluding hydrogens is 463 g/mol. The van der Waals surface area contributed by atoms with Gasteiger partial charge in [0.2, 0.25) is 0 Å². The van der Waals surface area contributed by atoms with Gasteiger partial charge in [0, 0.05) is 19.6 Å². The van der Waals surface area contributed by atoms with E-state index in [9.17, 15) is 27.9 Å². The highest BCUT2D eigenvalue weighted by atomic mass is 19.2. The lowest BCUT2D eigenvalue weighted by Gasteiger charge is -2.38. The molecule has 2 saturated heterocycles. The first-order valence-electron chi connectivity index (χ1n) is 11.6. The van der Waals surface area contributed by atoms with Crippen molar-refractivity contribution in [2.24, 2.45) is 0 Å².